The fraction of sp³-hybridized carbons (Fsp3) is 0.423. The Morgan fingerprint density at radius 1 is 1.11 bits per heavy atom. The van der Waals surface area contributed by atoms with E-state index in [4.69, 9.17) is 0 Å². The number of ether oxygens (including phenoxy) is 1. The molecule has 1 saturated carbocycles. The molecule has 0 saturated heterocycles. The molecule has 4 aromatic rings. The van der Waals surface area contributed by atoms with Crippen LogP contribution >= 0.6 is 11.3 Å². The average molecular weight is 533 g/mol. The fourth-order valence-corrected chi connectivity index (χ4v) is 5.81. The molecule has 1 aliphatic rings. The number of aryl methyl sites for hydroxylation is 1. The van der Waals surface area contributed by atoms with Crippen LogP contribution in [0.4, 0.5) is 24.3 Å². The lowest BCUT2D eigenvalue weighted by atomic mass is 9.80. The highest BCUT2D eigenvalue weighted by Gasteiger charge is 2.31. The smallest absolute Gasteiger partial charge is 0.406 e. The first kappa shape index (κ1) is 25.5. The first-order chi connectivity index (χ1) is 17.7. The Kier molecular flexibility index (Phi) is 7.09. The third-order valence-corrected chi connectivity index (χ3v) is 7.95. The van der Waals surface area contributed by atoms with Gasteiger partial charge in [-0.05, 0) is 61.4 Å². The van der Waals surface area contributed by atoms with Crippen LogP contribution in [0.15, 0.2) is 36.4 Å². The Morgan fingerprint density at radius 3 is 2.59 bits per heavy atom. The van der Waals surface area contributed by atoms with Gasteiger partial charge in [-0.3, -0.25) is 4.79 Å². The topological polar surface area (TPSA) is 89.3 Å². The SMILES string of the molecule is Cn1c(Nc2nc3ccc(OC(F)(F)F)cc3s2)nc2cc(C(=O)CCC3CCC(CO)CC3)ccc21. The standard InChI is InChI=1S/C26H27F3N4O3S/c1-33-21-10-7-17(22(35)11-6-15-2-4-16(14-34)5-3-15)12-20(21)30-24(33)32-25-31-19-9-8-18(13-23(19)37-25)36-26(27,28)29/h7-10,12-13,15-16,34H,2-6,11,14H2,1H3,(H,30,31,32). The minimum atomic E-state index is -4.76. The van der Waals surface area contributed by atoms with Crippen LogP contribution < -0.4 is 10.1 Å². The van der Waals surface area contributed by atoms with Gasteiger partial charge < -0.3 is 19.7 Å². The van der Waals surface area contributed by atoms with Gasteiger partial charge in [-0.25, -0.2) is 9.97 Å². The molecule has 0 atom stereocenters. The van der Waals surface area contributed by atoms with E-state index in [0.717, 1.165) is 37.6 Å². The summed E-state index contributed by atoms with van der Waals surface area (Å²) >= 11 is 1.19. The van der Waals surface area contributed by atoms with Crippen LogP contribution in [-0.4, -0.2) is 38.4 Å². The molecular formula is C26H27F3N4O3S. The van der Waals surface area contributed by atoms with Gasteiger partial charge in [0, 0.05) is 31.7 Å². The molecule has 11 heteroatoms. The number of alkyl halides is 3. The highest BCUT2D eigenvalue weighted by Crippen LogP contribution is 2.34. The van der Waals surface area contributed by atoms with Gasteiger partial charge in [0.15, 0.2) is 10.9 Å². The summed E-state index contributed by atoms with van der Waals surface area (Å²) in [6.07, 6.45) is 0.780. The van der Waals surface area contributed by atoms with Crippen LogP contribution in [0, 0.1) is 11.8 Å². The van der Waals surface area contributed by atoms with Crippen molar-refractivity contribution in [2.45, 2.75) is 44.9 Å². The van der Waals surface area contributed by atoms with Gasteiger partial charge in [-0.2, -0.15) is 0 Å². The summed E-state index contributed by atoms with van der Waals surface area (Å²) in [7, 11) is 1.84. The van der Waals surface area contributed by atoms with Crippen LogP contribution in [0.1, 0.15) is 48.9 Å². The lowest BCUT2D eigenvalue weighted by molar-refractivity contribution is -0.274. The number of carbonyl (C=O) groups is 1. The maximum Gasteiger partial charge on any atom is 0.573 e. The van der Waals surface area contributed by atoms with Crippen molar-refractivity contribution in [3.05, 3.63) is 42.0 Å². The molecule has 0 aliphatic heterocycles. The lowest BCUT2D eigenvalue weighted by Gasteiger charge is -2.27. The number of Topliss-reactive ketones (excluding diaryl/α,β-unsaturated/α-hetero) is 1. The number of rotatable bonds is 8. The molecule has 2 N–H and O–H groups in total. The molecule has 0 radical (unpaired) electrons. The van der Waals surface area contributed by atoms with E-state index in [1.807, 2.05) is 23.7 Å². The van der Waals surface area contributed by atoms with E-state index in [1.165, 1.54) is 29.5 Å². The van der Waals surface area contributed by atoms with Crippen LogP contribution in [-0.2, 0) is 7.05 Å². The first-order valence-corrected chi connectivity index (χ1v) is 13.0. The molecule has 5 rings (SSSR count). The van der Waals surface area contributed by atoms with E-state index in [1.54, 1.807) is 6.07 Å². The minimum absolute atomic E-state index is 0.0920. The zero-order chi connectivity index (χ0) is 26.2. The maximum atomic E-state index is 12.9. The van der Waals surface area contributed by atoms with E-state index in [-0.39, 0.29) is 18.1 Å². The van der Waals surface area contributed by atoms with Gasteiger partial charge in [0.1, 0.15) is 5.75 Å². The zero-order valence-electron chi connectivity index (χ0n) is 20.2. The summed E-state index contributed by atoms with van der Waals surface area (Å²) in [5.41, 5.74) is 2.67. The number of thiazole rings is 1. The molecule has 7 nitrogen and oxygen atoms in total. The second-order valence-corrected chi connectivity index (χ2v) is 10.6. The fourth-order valence-electron chi connectivity index (χ4n) is 4.92. The number of aliphatic hydroxyl groups is 1. The molecule has 0 amide bonds. The normalized spacial score (nSPS) is 18.4. The van der Waals surface area contributed by atoms with Crippen molar-refractivity contribution in [2.75, 3.05) is 11.9 Å². The number of fused-ring (bicyclic) bond motifs is 2. The minimum Gasteiger partial charge on any atom is -0.406 e. The van der Waals surface area contributed by atoms with Crippen molar-refractivity contribution in [3.8, 4) is 5.75 Å². The number of hydrogen-bond donors (Lipinski definition) is 2. The van der Waals surface area contributed by atoms with Gasteiger partial charge >= 0.3 is 6.36 Å². The third-order valence-electron chi connectivity index (χ3n) is 7.02. The van der Waals surface area contributed by atoms with Crippen molar-refractivity contribution < 1.29 is 27.8 Å². The van der Waals surface area contributed by atoms with Crippen LogP contribution in [0.25, 0.3) is 21.3 Å². The van der Waals surface area contributed by atoms with Crippen molar-refractivity contribution in [3.63, 3.8) is 0 Å². The summed E-state index contributed by atoms with van der Waals surface area (Å²) in [4.78, 5) is 21.9. The Morgan fingerprint density at radius 2 is 1.86 bits per heavy atom. The third kappa shape index (κ3) is 5.88. The first-order valence-electron chi connectivity index (χ1n) is 12.2. The lowest BCUT2D eigenvalue weighted by Crippen LogP contribution is -2.18. The predicted octanol–water partition coefficient (Wildman–Crippen LogP) is 6.59. The Balaban J connectivity index is 1.27. The van der Waals surface area contributed by atoms with Crippen molar-refractivity contribution in [2.24, 2.45) is 18.9 Å². The van der Waals surface area contributed by atoms with Gasteiger partial charge in [-0.15, -0.1) is 13.2 Å². The number of halogens is 3. The molecule has 37 heavy (non-hydrogen) atoms. The van der Waals surface area contributed by atoms with Crippen LogP contribution in [0.5, 0.6) is 5.75 Å². The molecule has 2 aromatic heterocycles. The van der Waals surface area contributed by atoms with Crippen molar-refractivity contribution in [1.82, 2.24) is 14.5 Å². The number of nitrogens with one attached hydrogen (secondary N) is 1. The zero-order valence-corrected chi connectivity index (χ0v) is 21.0. The molecule has 1 fully saturated rings. The van der Waals surface area contributed by atoms with E-state index in [9.17, 15) is 23.1 Å². The Hall–Kier alpha value is -3.18. The molecule has 0 bridgehead atoms. The maximum absolute atomic E-state index is 12.9. The van der Waals surface area contributed by atoms with Crippen LogP contribution in [0.3, 0.4) is 0 Å². The van der Waals surface area contributed by atoms with E-state index in [2.05, 4.69) is 20.0 Å². The number of benzene rings is 2. The highest BCUT2D eigenvalue weighted by molar-refractivity contribution is 7.22. The van der Waals surface area contributed by atoms with E-state index in [0.29, 0.717) is 50.6 Å². The van der Waals surface area contributed by atoms with Gasteiger partial charge in [0.25, 0.3) is 0 Å². The second kappa shape index (κ2) is 10.3. The molecule has 0 unspecified atom stereocenters. The van der Waals surface area contributed by atoms with Gasteiger partial charge in [0.2, 0.25) is 5.95 Å². The summed E-state index contributed by atoms with van der Waals surface area (Å²) in [6.45, 7) is 0.253. The number of ketones is 1. The average Bonchev–Trinajstić information content (AvgIpc) is 3.41. The molecule has 0 spiro atoms. The summed E-state index contributed by atoms with van der Waals surface area (Å²) < 4.78 is 44.0. The van der Waals surface area contributed by atoms with E-state index >= 15 is 0 Å². The summed E-state index contributed by atoms with van der Waals surface area (Å²) in [6, 6.07) is 9.49. The molecular weight excluding hydrogens is 505 g/mol. The number of anilines is 2. The van der Waals surface area contributed by atoms with Crippen molar-refractivity contribution in [1.29, 1.82) is 0 Å². The summed E-state index contributed by atoms with van der Waals surface area (Å²) in [5, 5.41) is 12.9. The highest BCUT2D eigenvalue weighted by atomic mass is 32.1. The number of nitrogens with zero attached hydrogens (tertiary/aromatic N) is 3. The number of aromatic nitrogens is 3. The molecule has 2 aromatic carbocycles. The van der Waals surface area contributed by atoms with Crippen LogP contribution in [0.2, 0.25) is 0 Å². The number of hydrogen-bond acceptors (Lipinski definition) is 7. The number of imidazole rings is 1. The second-order valence-electron chi connectivity index (χ2n) is 9.55. The van der Waals surface area contributed by atoms with Crippen molar-refractivity contribution >= 4 is 49.4 Å². The number of carbonyl (C=O) groups excluding carboxylic acids is 1. The quantitative estimate of drug-likeness (QED) is 0.249. The summed E-state index contributed by atoms with van der Waals surface area (Å²) in [5.74, 6) is 1.24. The van der Waals surface area contributed by atoms with Gasteiger partial charge in [-0.1, -0.05) is 24.2 Å². The monoisotopic (exact) mass is 532 g/mol. The Bertz CT molecular complexity index is 1420. The largest absolute Gasteiger partial charge is 0.573 e. The predicted molar refractivity (Wildman–Crippen MR) is 136 cm³/mol. The molecule has 1 aliphatic carbocycles. The molecule has 196 valence electrons. The van der Waals surface area contributed by atoms with E-state index < -0.39 is 6.36 Å². The Labute approximate surface area is 215 Å². The molecule has 2 heterocycles. The number of aliphatic hydroxyl groups excluding tert-OH is 1. The van der Waals surface area contributed by atoms with Gasteiger partial charge in [0.05, 0.1) is 21.3 Å².